The van der Waals surface area contributed by atoms with E-state index in [1.165, 1.54) is 6.07 Å². The van der Waals surface area contributed by atoms with Crippen molar-refractivity contribution in [3.8, 4) is 11.5 Å². The van der Waals surface area contributed by atoms with E-state index >= 15 is 0 Å². The lowest BCUT2D eigenvalue weighted by Gasteiger charge is -2.08. The molecule has 23 heavy (non-hydrogen) atoms. The minimum Gasteiger partial charge on any atom is -0.497 e. The standard InChI is InChI=1S/C17H17F2NO3/c1-22-13-4-2-3-12(9-13)7-8-20-17(21)11-23-14-5-6-15(18)16(19)10-14/h2-6,9-10H,7-8,11H2,1H3,(H,20,21). The Morgan fingerprint density at radius 2 is 1.91 bits per heavy atom. The number of carbonyl (C=O) groups is 1. The smallest absolute Gasteiger partial charge is 0.257 e. The van der Waals surface area contributed by atoms with E-state index in [0.29, 0.717) is 13.0 Å². The predicted molar refractivity (Wildman–Crippen MR) is 81.6 cm³/mol. The molecule has 0 aromatic heterocycles. The summed E-state index contributed by atoms with van der Waals surface area (Å²) in [6.45, 7) is 0.177. The number of amides is 1. The quantitative estimate of drug-likeness (QED) is 0.853. The summed E-state index contributed by atoms with van der Waals surface area (Å²) >= 11 is 0. The number of hydrogen-bond acceptors (Lipinski definition) is 3. The molecule has 0 atom stereocenters. The molecule has 0 unspecified atom stereocenters. The van der Waals surface area contributed by atoms with Gasteiger partial charge in [0.05, 0.1) is 7.11 Å². The molecule has 1 N–H and O–H groups in total. The molecule has 122 valence electrons. The molecular formula is C17H17F2NO3. The Balaban J connectivity index is 1.73. The molecule has 2 aromatic rings. The summed E-state index contributed by atoms with van der Waals surface area (Å²) in [7, 11) is 1.59. The van der Waals surface area contributed by atoms with Crippen molar-refractivity contribution in [2.24, 2.45) is 0 Å². The Bertz CT molecular complexity index is 677. The second-order valence-electron chi connectivity index (χ2n) is 4.82. The summed E-state index contributed by atoms with van der Waals surface area (Å²) in [4.78, 5) is 11.7. The SMILES string of the molecule is COc1cccc(CCNC(=O)COc2ccc(F)c(F)c2)c1. The third-order valence-corrected chi connectivity index (χ3v) is 3.13. The largest absolute Gasteiger partial charge is 0.497 e. The van der Waals surface area contributed by atoms with E-state index in [9.17, 15) is 13.6 Å². The molecule has 0 heterocycles. The molecule has 0 saturated carbocycles. The van der Waals surface area contributed by atoms with Gasteiger partial charge in [0, 0.05) is 12.6 Å². The summed E-state index contributed by atoms with van der Waals surface area (Å²) in [6, 6.07) is 10.7. The zero-order valence-corrected chi connectivity index (χ0v) is 12.6. The number of methoxy groups -OCH3 is 1. The number of ether oxygens (including phenoxy) is 2. The first-order valence-corrected chi connectivity index (χ1v) is 7.06. The minimum absolute atomic E-state index is 0.104. The summed E-state index contributed by atoms with van der Waals surface area (Å²) in [5.41, 5.74) is 1.03. The Kier molecular flexibility index (Phi) is 5.91. The van der Waals surface area contributed by atoms with Crippen LogP contribution in [0.5, 0.6) is 11.5 Å². The highest BCUT2D eigenvalue weighted by Crippen LogP contribution is 2.15. The van der Waals surface area contributed by atoms with Crippen molar-refractivity contribution < 1.29 is 23.0 Å². The summed E-state index contributed by atoms with van der Waals surface area (Å²) in [5.74, 6) is -1.44. The lowest BCUT2D eigenvalue weighted by Crippen LogP contribution is -2.30. The number of hydrogen-bond donors (Lipinski definition) is 1. The van der Waals surface area contributed by atoms with Crippen molar-refractivity contribution in [1.82, 2.24) is 5.32 Å². The zero-order valence-electron chi connectivity index (χ0n) is 12.6. The molecule has 0 saturated heterocycles. The fraction of sp³-hybridized carbons (Fsp3) is 0.235. The first-order chi connectivity index (χ1) is 11.1. The van der Waals surface area contributed by atoms with E-state index in [1.54, 1.807) is 7.11 Å². The number of carbonyl (C=O) groups excluding carboxylic acids is 1. The van der Waals surface area contributed by atoms with Crippen molar-refractivity contribution in [2.45, 2.75) is 6.42 Å². The van der Waals surface area contributed by atoms with Crippen LogP contribution < -0.4 is 14.8 Å². The van der Waals surface area contributed by atoms with Gasteiger partial charge in [-0.25, -0.2) is 8.78 Å². The Morgan fingerprint density at radius 1 is 1.09 bits per heavy atom. The van der Waals surface area contributed by atoms with Gasteiger partial charge in [0.25, 0.3) is 5.91 Å². The molecule has 2 aromatic carbocycles. The van der Waals surface area contributed by atoms with Gasteiger partial charge in [0.2, 0.25) is 0 Å². The number of nitrogens with one attached hydrogen (secondary N) is 1. The van der Waals surface area contributed by atoms with Crippen LogP contribution in [-0.2, 0) is 11.2 Å². The van der Waals surface area contributed by atoms with Gasteiger partial charge >= 0.3 is 0 Å². The fourth-order valence-electron chi connectivity index (χ4n) is 1.94. The second-order valence-corrected chi connectivity index (χ2v) is 4.82. The van der Waals surface area contributed by atoms with Crippen molar-refractivity contribution in [3.05, 3.63) is 59.7 Å². The first kappa shape index (κ1) is 16.7. The molecular weight excluding hydrogens is 304 g/mol. The maximum Gasteiger partial charge on any atom is 0.257 e. The highest BCUT2D eigenvalue weighted by Gasteiger charge is 2.06. The van der Waals surface area contributed by atoms with Gasteiger partial charge in [-0.3, -0.25) is 4.79 Å². The molecule has 0 bridgehead atoms. The Labute approximate surface area is 133 Å². The van der Waals surface area contributed by atoms with Gasteiger partial charge in [0.1, 0.15) is 11.5 Å². The predicted octanol–water partition coefficient (Wildman–Crippen LogP) is 2.71. The molecule has 2 rings (SSSR count). The van der Waals surface area contributed by atoms with Crippen LogP contribution in [0, 0.1) is 11.6 Å². The molecule has 4 nitrogen and oxygen atoms in total. The molecule has 1 amide bonds. The van der Waals surface area contributed by atoms with Crippen molar-refractivity contribution >= 4 is 5.91 Å². The molecule has 0 spiro atoms. The third kappa shape index (κ3) is 5.25. The fourth-order valence-corrected chi connectivity index (χ4v) is 1.94. The Hall–Kier alpha value is -2.63. The van der Waals surface area contributed by atoms with Crippen LogP contribution >= 0.6 is 0 Å². The number of halogens is 2. The van der Waals surface area contributed by atoms with Gasteiger partial charge in [-0.2, -0.15) is 0 Å². The molecule has 6 heteroatoms. The number of rotatable bonds is 7. The van der Waals surface area contributed by atoms with Crippen LogP contribution in [-0.4, -0.2) is 26.2 Å². The van der Waals surface area contributed by atoms with Gasteiger partial charge in [-0.05, 0) is 36.2 Å². The number of benzene rings is 2. The van der Waals surface area contributed by atoms with Crippen molar-refractivity contribution in [2.75, 3.05) is 20.3 Å². The highest BCUT2D eigenvalue weighted by atomic mass is 19.2. The average molecular weight is 321 g/mol. The highest BCUT2D eigenvalue weighted by molar-refractivity contribution is 5.77. The lowest BCUT2D eigenvalue weighted by molar-refractivity contribution is -0.123. The topological polar surface area (TPSA) is 47.6 Å². The van der Waals surface area contributed by atoms with Crippen molar-refractivity contribution in [3.63, 3.8) is 0 Å². The van der Waals surface area contributed by atoms with Crippen LogP contribution in [0.25, 0.3) is 0 Å². The molecule has 0 aliphatic heterocycles. The van der Waals surface area contributed by atoms with Crippen LogP contribution in [0.2, 0.25) is 0 Å². The van der Waals surface area contributed by atoms with Crippen molar-refractivity contribution in [1.29, 1.82) is 0 Å². The van der Waals surface area contributed by atoms with Gasteiger partial charge in [-0.15, -0.1) is 0 Å². The van der Waals surface area contributed by atoms with Gasteiger partial charge < -0.3 is 14.8 Å². The van der Waals surface area contributed by atoms with Crippen LogP contribution in [0.4, 0.5) is 8.78 Å². The average Bonchev–Trinajstić information content (AvgIpc) is 2.56. The summed E-state index contributed by atoms with van der Waals surface area (Å²) < 4.78 is 36.0. The molecule has 0 fully saturated rings. The lowest BCUT2D eigenvalue weighted by atomic mass is 10.1. The third-order valence-electron chi connectivity index (χ3n) is 3.13. The van der Waals surface area contributed by atoms with Crippen LogP contribution in [0.15, 0.2) is 42.5 Å². The summed E-state index contributed by atoms with van der Waals surface area (Å²) in [5, 5.41) is 2.69. The monoisotopic (exact) mass is 321 g/mol. The van der Waals surface area contributed by atoms with Gasteiger partial charge in [-0.1, -0.05) is 12.1 Å². The van der Waals surface area contributed by atoms with E-state index < -0.39 is 11.6 Å². The molecule has 0 aliphatic carbocycles. The van der Waals surface area contributed by atoms with E-state index in [2.05, 4.69) is 5.32 Å². The summed E-state index contributed by atoms with van der Waals surface area (Å²) in [6.07, 6.45) is 0.647. The van der Waals surface area contributed by atoms with Crippen LogP contribution in [0.1, 0.15) is 5.56 Å². The van der Waals surface area contributed by atoms with Gasteiger partial charge in [0.15, 0.2) is 18.2 Å². The van der Waals surface area contributed by atoms with E-state index in [-0.39, 0.29) is 18.3 Å². The van der Waals surface area contributed by atoms with E-state index in [0.717, 1.165) is 23.4 Å². The van der Waals surface area contributed by atoms with E-state index in [1.807, 2.05) is 24.3 Å². The van der Waals surface area contributed by atoms with Crippen LogP contribution in [0.3, 0.4) is 0 Å². The zero-order chi connectivity index (χ0) is 16.7. The molecule has 0 radical (unpaired) electrons. The van der Waals surface area contributed by atoms with E-state index in [4.69, 9.17) is 9.47 Å². The maximum absolute atomic E-state index is 13.0. The second kappa shape index (κ2) is 8.12. The molecule has 0 aliphatic rings. The minimum atomic E-state index is -1.01. The normalized spacial score (nSPS) is 10.2. The first-order valence-electron chi connectivity index (χ1n) is 7.06. The Morgan fingerprint density at radius 3 is 2.65 bits per heavy atom. The maximum atomic E-state index is 13.0.